The molecule has 3 fully saturated rings. The van der Waals surface area contributed by atoms with Gasteiger partial charge in [-0.05, 0) is 43.6 Å². The zero-order chi connectivity index (χ0) is 22.7. The molecule has 4 aromatic heterocycles. The third kappa shape index (κ3) is 3.25. The van der Waals surface area contributed by atoms with Gasteiger partial charge in [0.05, 0.1) is 35.8 Å². The Bertz CT molecular complexity index is 1380. The quantitative estimate of drug-likeness (QED) is 0.447. The average Bonchev–Trinajstić information content (AvgIpc) is 3.40. The number of nitrogens with zero attached hydrogens (tertiary/aromatic N) is 4. The molecule has 2 atom stereocenters. The number of carbonyl (C=O) groups excluding carboxylic acids is 1. The van der Waals surface area contributed by atoms with E-state index >= 15 is 0 Å². The Morgan fingerprint density at radius 1 is 1.21 bits per heavy atom. The van der Waals surface area contributed by atoms with Gasteiger partial charge in [0, 0.05) is 29.5 Å². The molecule has 33 heavy (non-hydrogen) atoms. The van der Waals surface area contributed by atoms with E-state index in [2.05, 4.69) is 24.8 Å². The Labute approximate surface area is 193 Å². The monoisotopic (exact) mass is 468 g/mol. The molecule has 0 spiro atoms. The van der Waals surface area contributed by atoms with Crippen molar-refractivity contribution < 1.29 is 13.9 Å². The van der Waals surface area contributed by atoms with Crippen molar-refractivity contribution in [1.82, 2.24) is 29.8 Å². The van der Waals surface area contributed by atoms with Crippen molar-refractivity contribution in [2.75, 3.05) is 7.11 Å². The molecule has 3 saturated carbocycles. The van der Waals surface area contributed by atoms with Gasteiger partial charge in [0.1, 0.15) is 17.1 Å². The van der Waals surface area contributed by atoms with Gasteiger partial charge in [0.15, 0.2) is 5.82 Å². The Hall–Kier alpha value is -3.20. The summed E-state index contributed by atoms with van der Waals surface area (Å²) in [6.07, 6.45) is 10.4. The van der Waals surface area contributed by atoms with Crippen molar-refractivity contribution in [3.63, 3.8) is 0 Å². The second-order valence-corrected chi connectivity index (χ2v) is 9.30. The molecule has 2 bridgehead atoms. The maximum atomic E-state index is 13.9. The summed E-state index contributed by atoms with van der Waals surface area (Å²) in [5.74, 6) is 0.800. The van der Waals surface area contributed by atoms with Crippen molar-refractivity contribution in [2.45, 2.75) is 37.8 Å². The molecule has 0 unspecified atom stereocenters. The molecule has 3 aliphatic rings. The number of H-pyrrole nitrogens is 1. The number of halogens is 2. The first kappa shape index (κ1) is 20.4. The Morgan fingerprint density at radius 3 is 2.79 bits per heavy atom. The number of carbonyl (C=O) groups is 1. The van der Waals surface area contributed by atoms with Gasteiger partial charge in [0.2, 0.25) is 0 Å². The second-order valence-electron chi connectivity index (χ2n) is 8.89. The summed E-state index contributed by atoms with van der Waals surface area (Å²) in [6, 6.07) is 1.36. The van der Waals surface area contributed by atoms with Gasteiger partial charge in [-0.15, -0.1) is 0 Å². The van der Waals surface area contributed by atoms with Crippen LogP contribution in [0, 0.1) is 17.7 Å². The van der Waals surface area contributed by atoms with E-state index in [4.69, 9.17) is 21.3 Å². The van der Waals surface area contributed by atoms with Gasteiger partial charge in [-0.3, -0.25) is 0 Å². The van der Waals surface area contributed by atoms with E-state index in [1.54, 1.807) is 12.4 Å². The molecule has 2 N–H and O–H groups in total. The molecule has 8 nitrogen and oxygen atoms in total. The van der Waals surface area contributed by atoms with E-state index in [0.29, 0.717) is 44.9 Å². The molecule has 10 heteroatoms. The van der Waals surface area contributed by atoms with Gasteiger partial charge in [-0.1, -0.05) is 11.6 Å². The highest BCUT2D eigenvalue weighted by Gasteiger charge is 2.46. The Kier molecular flexibility index (Phi) is 4.76. The summed E-state index contributed by atoms with van der Waals surface area (Å²) in [4.78, 5) is 28.6. The van der Waals surface area contributed by atoms with Gasteiger partial charge in [-0.25, -0.2) is 24.1 Å². The zero-order valence-electron chi connectivity index (χ0n) is 17.9. The van der Waals surface area contributed by atoms with E-state index in [1.165, 1.54) is 19.4 Å². The highest BCUT2D eigenvalue weighted by Crippen LogP contribution is 2.49. The minimum absolute atomic E-state index is 0.0106. The molecule has 0 aromatic carbocycles. The third-order valence-electron chi connectivity index (χ3n) is 7.23. The standard InChI is InChI=1S/C23H22ClFN6O2/c1-33-23(32)29-18-11-2-4-12(5-3-11)19(18)31-10-17(24)16-9-28-21(30-22(16)31)15-8-27-20-14(15)6-13(25)7-26-20/h6-12,18-19H,2-5H2,1H3,(H,26,27)(H,29,32)/t11?,12?,18-,19-/m0/s1. The normalized spacial score (nSPS) is 24.5. The second kappa shape index (κ2) is 7.69. The van der Waals surface area contributed by atoms with E-state index in [0.717, 1.165) is 31.1 Å². The molecule has 0 aliphatic heterocycles. The van der Waals surface area contributed by atoms with Crippen LogP contribution in [0.1, 0.15) is 31.7 Å². The molecule has 0 saturated heterocycles. The summed E-state index contributed by atoms with van der Waals surface area (Å²) in [5.41, 5.74) is 1.92. The summed E-state index contributed by atoms with van der Waals surface area (Å²) in [7, 11) is 1.38. The van der Waals surface area contributed by atoms with Gasteiger partial charge >= 0.3 is 6.09 Å². The first-order chi connectivity index (χ1) is 16.0. The number of fused-ring (bicyclic) bond motifs is 5. The number of hydrogen-bond donors (Lipinski definition) is 2. The SMILES string of the molecule is COC(=O)N[C@H]1C2CCC(CC2)[C@@H]1n1cc(Cl)c2cnc(-c3c[nH]c4ncc(F)cc34)nc21. The first-order valence-electron chi connectivity index (χ1n) is 11.0. The topological polar surface area (TPSA) is 97.7 Å². The fourth-order valence-electron chi connectivity index (χ4n) is 5.73. The predicted molar refractivity (Wildman–Crippen MR) is 121 cm³/mol. The number of hydrogen-bond acceptors (Lipinski definition) is 5. The molecule has 4 aromatic rings. The van der Waals surface area contributed by atoms with Crippen molar-refractivity contribution in [1.29, 1.82) is 0 Å². The van der Waals surface area contributed by atoms with E-state index in [-0.39, 0.29) is 12.1 Å². The molecular weight excluding hydrogens is 447 g/mol. The highest BCUT2D eigenvalue weighted by molar-refractivity contribution is 6.35. The van der Waals surface area contributed by atoms with Crippen LogP contribution < -0.4 is 5.32 Å². The lowest BCUT2D eigenvalue weighted by atomic mass is 9.64. The Balaban J connectivity index is 1.49. The number of methoxy groups -OCH3 is 1. The lowest BCUT2D eigenvalue weighted by molar-refractivity contribution is 0.0567. The molecule has 4 heterocycles. The van der Waals surface area contributed by atoms with Crippen LogP contribution in [0.15, 0.2) is 30.9 Å². The number of aromatic nitrogens is 5. The fourth-order valence-corrected chi connectivity index (χ4v) is 5.97. The van der Waals surface area contributed by atoms with Crippen LogP contribution >= 0.6 is 11.6 Å². The van der Waals surface area contributed by atoms with Gasteiger partial charge < -0.3 is 19.6 Å². The number of ether oxygens (including phenoxy) is 1. The number of pyridine rings is 1. The molecule has 170 valence electrons. The van der Waals surface area contributed by atoms with Crippen molar-refractivity contribution in [3.8, 4) is 11.4 Å². The average molecular weight is 469 g/mol. The molecule has 1 amide bonds. The molecule has 0 radical (unpaired) electrons. The fraction of sp³-hybridized carbons (Fsp3) is 0.391. The van der Waals surface area contributed by atoms with Crippen molar-refractivity contribution in [2.24, 2.45) is 11.8 Å². The summed E-state index contributed by atoms with van der Waals surface area (Å²) >= 11 is 6.59. The number of amides is 1. The first-order valence-corrected chi connectivity index (χ1v) is 11.4. The van der Waals surface area contributed by atoms with Crippen LogP contribution in [-0.4, -0.2) is 43.7 Å². The van der Waals surface area contributed by atoms with Crippen LogP contribution in [0.4, 0.5) is 9.18 Å². The number of rotatable bonds is 3. The zero-order valence-corrected chi connectivity index (χ0v) is 18.6. The van der Waals surface area contributed by atoms with Crippen LogP contribution in [0.2, 0.25) is 5.02 Å². The van der Waals surface area contributed by atoms with Crippen molar-refractivity contribution in [3.05, 3.63) is 41.7 Å². The van der Waals surface area contributed by atoms with E-state index in [9.17, 15) is 9.18 Å². The number of alkyl carbamates (subject to hydrolysis) is 1. The molecule has 3 aliphatic carbocycles. The minimum atomic E-state index is -0.427. The van der Waals surface area contributed by atoms with Crippen LogP contribution in [-0.2, 0) is 4.74 Å². The van der Waals surface area contributed by atoms with Crippen LogP contribution in [0.3, 0.4) is 0 Å². The van der Waals surface area contributed by atoms with Gasteiger partial charge in [0.25, 0.3) is 0 Å². The predicted octanol–water partition coefficient (Wildman–Crippen LogP) is 4.85. The van der Waals surface area contributed by atoms with Gasteiger partial charge in [-0.2, -0.15) is 0 Å². The van der Waals surface area contributed by atoms with Crippen LogP contribution in [0.5, 0.6) is 0 Å². The van der Waals surface area contributed by atoms with Crippen molar-refractivity contribution >= 4 is 39.8 Å². The molecule has 7 rings (SSSR count). The lowest BCUT2D eigenvalue weighted by Crippen LogP contribution is -2.54. The third-order valence-corrected chi connectivity index (χ3v) is 7.53. The maximum Gasteiger partial charge on any atom is 0.407 e. The van der Waals surface area contributed by atoms with Crippen LogP contribution in [0.25, 0.3) is 33.5 Å². The minimum Gasteiger partial charge on any atom is -0.453 e. The summed E-state index contributed by atoms with van der Waals surface area (Å²) in [6.45, 7) is 0. The highest BCUT2D eigenvalue weighted by atomic mass is 35.5. The molecular formula is C23H22ClFN6O2. The van der Waals surface area contributed by atoms with E-state index in [1.807, 2.05) is 6.20 Å². The largest absolute Gasteiger partial charge is 0.453 e. The Morgan fingerprint density at radius 2 is 2.00 bits per heavy atom. The smallest absolute Gasteiger partial charge is 0.407 e. The maximum absolute atomic E-state index is 13.9. The summed E-state index contributed by atoms with van der Waals surface area (Å²) < 4.78 is 20.8. The lowest BCUT2D eigenvalue weighted by Gasteiger charge is -2.49. The summed E-state index contributed by atoms with van der Waals surface area (Å²) in [5, 5.41) is 4.98. The number of nitrogens with one attached hydrogen (secondary N) is 2. The van der Waals surface area contributed by atoms with E-state index < -0.39 is 11.9 Å². The number of aromatic amines is 1.